The van der Waals surface area contributed by atoms with E-state index in [1.54, 1.807) is 18.4 Å². The molecular formula is C15H16N2O6S. The highest BCUT2D eigenvalue weighted by molar-refractivity contribution is 7.17. The van der Waals surface area contributed by atoms with Gasteiger partial charge in [-0.15, -0.1) is 16.1 Å². The predicted octanol–water partition coefficient (Wildman–Crippen LogP) is 0.676. The lowest BCUT2D eigenvalue weighted by molar-refractivity contribution is -0.141. The molecule has 2 aromatic heterocycles. The molecule has 2 rings (SSSR count). The van der Waals surface area contributed by atoms with Crippen molar-refractivity contribution in [2.24, 2.45) is 0 Å². The summed E-state index contributed by atoms with van der Waals surface area (Å²) in [7, 11) is 0. The molecule has 0 saturated heterocycles. The van der Waals surface area contributed by atoms with E-state index in [2.05, 4.69) is 11.9 Å². The third kappa shape index (κ3) is 3.40. The zero-order valence-corrected chi connectivity index (χ0v) is 13.7. The molecule has 0 bridgehead atoms. The highest BCUT2D eigenvalue weighted by Gasteiger charge is 2.24. The molecule has 0 unspecified atom stereocenters. The van der Waals surface area contributed by atoms with Gasteiger partial charge in [0.25, 0.3) is 11.5 Å². The van der Waals surface area contributed by atoms with Crippen LogP contribution in [0.2, 0.25) is 0 Å². The number of nitrogens with zero attached hydrogens (tertiary/aromatic N) is 1. The molecular weight excluding hydrogens is 336 g/mol. The Morgan fingerprint density at radius 1 is 1.50 bits per heavy atom. The van der Waals surface area contributed by atoms with Gasteiger partial charge in [-0.2, -0.15) is 0 Å². The van der Waals surface area contributed by atoms with Crippen LogP contribution in [-0.4, -0.2) is 41.5 Å². The first-order chi connectivity index (χ1) is 11.5. The maximum atomic E-state index is 12.5. The van der Waals surface area contributed by atoms with Crippen molar-refractivity contribution in [3.63, 3.8) is 0 Å². The van der Waals surface area contributed by atoms with Crippen molar-refractivity contribution in [2.45, 2.75) is 6.92 Å². The van der Waals surface area contributed by atoms with E-state index in [0.29, 0.717) is 10.2 Å². The molecule has 0 aliphatic heterocycles. The van der Waals surface area contributed by atoms with Crippen LogP contribution in [0.1, 0.15) is 17.3 Å². The number of aromatic nitrogens is 1. The van der Waals surface area contributed by atoms with E-state index in [-0.39, 0.29) is 13.2 Å². The van der Waals surface area contributed by atoms with Crippen molar-refractivity contribution in [3.8, 4) is 5.75 Å². The first-order valence-corrected chi connectivity index (χ1v) is 7.92. The van der Waals surface area contributed by atoms with Crippen LogP contribution >= 0.6 is 11.3 Å². The average Bonchev–Trinajstić information content (AvgIpc) is 3.03. The summed E-state index contributed by atoms with van der Waals surface area (Å²) in [5.74, 6) is -1.99. The lowest BCUT2D eigenvalue weighted by Crippen LogP contribution is -2.38. The Morgan fingerprint density at radius 2 is 2.25 bits per heavy atom. The van der Waals surface area contributed by atoms with Gasteiger partial charge >= 0.3 is 5.97 Å². The zero-order chi connectivity index (χ0) is 17.7. The van der Waals surface area contributed by atoms with E-state index in [1.807, 2.05) is 0 Å². The first-order valence-electron chi connectivity index (χ1n) is 7.04. The second-order valence-electron chi connectivity index (χ2n) is 4.53. The number of rotatable bonds is 7. The lowest BCUT2D eigenvalue weighted by atomic mass is 10.2. The molecule has 8 nitrogen and oxygen atoms in total. The Hall–Kier alpha value is -2.81. The van der Waals surface area contributed by atoms with E-state index in [1.165, 1.54) is 6.08 Å². The smallest absolute Gasteiger partial charge is 0.325 e. The van der Waals surface area contributed by atoms with E-state index in [0.717, 1.165) is 16.1 Å². The van der Waals surface area contributed by atoms with Crippen molar-refractivity contribution in [1.29, 1.82) is 0 Å². The molecule has 0 aliphatic carbocycles. The number of aromatic hydroxyl groups is 1. The van der Waals surface area contributed by atoms with E-state index in [4.69, 9.17) is 9.57 Å². The lowest BCUT2D eigenvalue weighted by Gasteiger charge is -2.12. The largest absolute Gasteiger partial charge is 0.505 e. The van der Waals surface area contributed by atoms with Crippen LogP contribution in [0.15, 0.2) is 28.9 Å². The van der Waals surface area contributed by atoms with E-state index in [9.17, 15) is 19.5 Å². The summed E-state index contributed by atoms with van der Waals surface area (Å²) in [6, 6.07) is 1.59. The van der Waals surface area contributed by atoms with E-state index >= 15 is 0 Å². The molecule has 0 spiro atoms. The molecule has 24 heavy (non-hydrogen) atoms. The van der Waals surface area contributed by atoms with Crippen molar-refractivity contribution in [2.75, 3.05) is 19.8 Å². The predicted molar refractivity (Wildman–Crippen MR) is 88.4 cm³/mol. The molecule has 0 saturated carbocycles. The normalized spacial score (nSPS) is 10.4. The first kappa shape index (κ1) is 17.5. The fraction of sp³-hybridized carbons (Fsp3) is 0.267. The third-order valence-electron chi connectivity index (χ3n) is 2.96. The van der Waals surface area contributed by atoms with Crippen molar-refractivity contribution in [1.82, 2.24) is 10.0 Å². The highest BCUT2D eigenvalue weighted by atomic mass is 32.1. The van der Waals surface area contributed by atoms with Crippen LogP contribution in [0, 0.1) is 0 Å². The number of nitrogens with one attached hydrogen (secondary N) is 1. The van der Waals surface area contributed by atoms with Gasteiger partial charge in [0.1, 0.15) is 18.7 Å². The van der Waals surface area contributed by atoms with Gasteiger partial charge in [-0.3, -0.25) is 14.4 Å². The minimum absolute atomic E-state index is 0.0412. The average molecular weight is 352 g/mol. The summed E-state index contributed by atoms with van der Waals surface area (Å²) < 4.78 is 5.93. The number of carbonyl (C=O) groups excluding carboxylic acids is 2. The molecule has 2 heterocycles. The molecule has 1 amide bonds. The fourth-order valence-corrected chi connectivity index (χ4v) is 2.80. The van der Waals surface area contributed by atoms with Gasteiger partial charge in [0.2, 0.25) is 0 Å². The molecule has 0 atom stereocenters. The molecule has 9 heteroatoms. The number of amides is 1. The highest BCUT2D eigenvalue weighted by Crippen LogP contribution is 2.30. The van der Waals surface area contributed by atoms with Crippen LogP contribution < -0.4 is 15.7 Å². The second kappa shape index (κ2) is 7.64. The molecule has 2 N–H and O–H groups in total. The molecule has 128 valence electrons. The maximum Gasteiger partial charge on any atom is 0.325 e. The van der Waals surface area contributed by atoms with Gasteiger partial charge in [0, 0.05) is 0 Å². The Kier molecular flexibility index (Phi) is 5.59. The Bertz CT molecular complexity index is 838. The minimum atomic E-state index is -0.892. The number of pyridine rings is 1. The summed E-state index contributed by atoms with van der Waals surface area (Å²) in [5.41, 5.74) is -0.994. The SMILES string of the molecule is C=CCOn1c(=O)c(C(=O)NCC(=O)OCC)c(O)c2sccc21. The second-order valence-corrected chi connectivity index (χ2v) is 5.45. The standard InChI is InChI=1S/C15H16N2O6S/c1-3-6-23-17-9-5-7-24-13(9)12(19)11(15(17)21)14(20)16-8-10(18)22-4-2/h3,5,7,19H,1,4,6,8H2,2H3,(H,16,20). The summed E-state index contributed by atoms with van der Waals surface area (Å²) in [6.45, 7) is 4.92. The zero-order valence-electron chi connectivity index (χ0n) is 12.9. The summed E-state index contributed by atoms with van der Waals surface area (Å²) in [4.78, 5) is 41.3. The number of ether oxygens (including phenoxy) is 1. The number of hydrogen-bond acceptors (Lipinski definition) is 7. The van der Waals surface area contributed by atoms with Crippen molar-refractivity contribution < 1.29 is 24.3 Å². The number of hydrogen-bond donors (Lipinski definition) is 2. The van der Waals surface area contributed by atoms with Crippen LogP contribution in [0.5, 0.6) is 5.75 Å². The Morgan fingerprint density at radius 3 is 2.92 bits per heavy atom. The van der Waals surface area contributed by atoms with Crippen molar-refractivity contribution in [3.05, 3.63) is 40.0 Å². The van der Waals surface area contributed by atoms with Crippen LogP contribution in [0.25, 0.3) is 10.2 Å². The quantitative estimate of drug-likeness (QED) is 0.560. The van der Waals surface area contributed by atoms with Gasteiger partial charge in [-0.1, -0.05) is 12.7 Å². The van der Waals surface area contributed by atoms with E-state index < -0.39 is 35.3 Å². The number of esters is 1. The molecule has 0 fully saturated rings. The monoisotopic (exact) mass is 352 g/mol. The molecule has 0 aromatic carbocycles. The summed E-state index contributed by atoms with van der Waals surface area (Å²) >= 11 is 1.15. The van der Waals surface area contributed by atoms with Gasteiger partial charge in [0.15, 0.2) is 11.3 Å². The van der Waals surface area contributed by atoms with Crippen LogP contribution in [-0.2, 0) is 9.53 Å². The fourth-order valence-electron chi connectivity index (χ4n) is 1.98. The number of thiophene rings is 1. The van der Waals surface area contributed by atoms with Crippen LogP contribution in [0.3, 0.4) is 0 Å². The molecule has 0 radical (unpaired) electrons. The Balaban J connectivity index is 2.42. The van der Waals surface area contributed by atoms with Gasteiger partial charge in [0.05, 0.1) is 11.3 Å². The molecule has 2 aromatic rings. The van der Waals surface area contributed by atoms with Crippen LogP contribution in [0.4, 0.5) is 0 Å². The van der Waals surface area contributed by atoms with Gasteiger partial charge in [-0.05, 0) is 18.4 Å². The molecule has 0 aliphatic rings. The topological polar surface area (TPSA) is 107 Å². The summed E-state index contributed by atoms with van der Waals surface area (Å²) in [5, 5.41) is 14.2. The number of carbonyl (C=O) groups is 2. The Labute approximate surface area is 140 Å². The minimum Gasteiger partial charge on any atom is -0.505 e. The van der Waals surface area contributed by atoms with Gasteiger partial charge < -0.3 is 20.0 Å². The maximum absolute atomic E-state index is 12.5. The number of fused-ring (bicyclic) bond motifs is 1. The van der Waals surface area contributed by atoms with Gasteiger partial charge in [-0.25, -0.2) is 0 Å². The third-order valence-corrected chi connectivity index (χ3v) is 3.87. The summed E-state index contributed by atoms with van der Waals surface area (Å²) in [6.07, 6.45) is 1.44. The van der Waals surface area contributed by atoms with Crippen molar-refractivity contribution >= 4 is 33.4 Å².